The zero-order valence-corrected chi connectivity index (χ0v) is 14.5. The van der Waals surface area contributed by atoms with Crippen LogP contribution >= 0.6 is 23.2 Å². The Morgan fingerprint density at radius 3 is 2.29 bits per heavy atom. The molecule has 2 aromatic rings. The smallest absolute Gasteiger partial charge is 0.252 e. The first-order valence-corrected chi connectivity index (χ1v) is 9.22. The number of nitrogens with zero attached hydrogens (tertiary/aromatic N) is 1. The highest BCUT2D eigenvalue weighted by Crippen LogP contribution is 2.40. The maximum Gasteiger partial charge on any atom is 0.252 e. The number of hydrogen-bond acceptors (Lipinski definition) is 6. The standard InChI is InChI=1S/C14H12Cl2N2O5S/c15-7-3-4-8(17-10-9(16)12(20)13(10)21)11(19)14(7)24(22,23)18-5-1-2-6-18/h3-4,17,19H,1-2,5-6H2. The number of rotatable bonds is 4. The van der Waals surface area contributed by atoms with Crippen molar-refractivity contribution in [3.63, 3.8) is 0 Å². The highest BCUT2D eigenvalue weighted by molar-refractivity contribution is 7.89. The number of anilines is 2. The van der Waals surface area contributed by atoms with E-state index >= 15 is 0 Å². The van der Waals surface area contributed by atoms with Crippen molar-refractivity contribution < 1.29 is 13.5 Å². The van der Waals surface area contributed by atoms with Crippen molar-refractivity contribution in [3.05, 3.63) is 42.6 Å². The fourth-order valence-electron chi connectivity index (χ4n) is 2.56. The maximum absolute atomic E-state index is 12.7. The number of aromatic hydroxyl groups is 1. The molecular weight excluding hydrogens is 379 g/mol. The Kier molecular flexibility index (Phi) is 4.33. The third-order valence-corrected chi connectivity index (χ3v) is 6.62. The fraction of sp³-hybridized carbons (Fsp3) is 0.286. The molecule has 2 N–H and O–H groups in total. The van der Waals surface area contributed by atoms with Crippen LogP contribution in [0.5, 0.6) is 5.75 Å². The van der Waals surface area contributed by atoms with Crippen LogP contribution in [0.4, 0.5) is 11.4 Å². The van der Waals surface area contributed by atoms with Crippen molar-refractivity contribution in [1.29, 1.82) is 0 Å². The summed E-state index contributed by atoms with van der Waals surface area (Å²) in [6.07, 6.45) is 1.46. The SMILES string of the molecule is O=c1c(Cl)c(Nc2ccc(Cl)c(S(=O)(=O)N3CCCC3)c2O)c1=O. The van der Waals surface area contributed by atoms with E-state index in [9.17, 15) is 23.1 Å². The molecule has 7 nitrogen and oxygen atoms in total. The number of phenolic OH excluding ortho intramolecular Hbond substituents is 1. The van der Waals surface area contributed by atoms with Gasteiger partial charge in [-0.1, -0.05) is 23.2 Å². The van der Waals surface area contributed by atoms with Gasteiger partial charge >= 0.3 is 0 Å². The summed E-state index contributed by atoms with van der Waals surface area (Å²) in [6.45, 7) is 0.694. The van der Waals surface area contributed by atoms with Gasteiger partial charge in [-0.2, -0.15) is 4.31 Å². The number of hydrogen-bond donors (Lipinski definition) is 2. The lowest BCUT2D eigenvalue weighted by atomic mass is 10.2. The Balaban J connectivity index is 2.06. The van der Waals surface area contributed by atoms with Crippen LogP contribution in [0.15, 0.2) is 26.6 Å². The van der Waals surface area contributed by atoms with E-state index in [-0.39, 0.29) is 21.4 Å². The van der Waals surface area contributed by atoms with Crippen molar-refractivity contribution in [2.75, 3.05) is 18.4 Å². The van der Waals surface area contributed by atoms with Crippen LogP contribution in [-0.4, -0.2) is 30.9 Å². The van der Waals surface area contributed by atoms with Crippen LogP contribution in [0, 0.1) is 0 Å². The predicted octanol–water partition coefficient (Wildman–Crippen LogP) is 1.82. The van der Waals surface area contributed by atoms with Gasteiger partial charge in [0.1, 0.15) is 15.6 Å². The average Bonchev–Trinajstić information content (AvgIpc) is 3.08. The Morgan fingerprint density at radius 2 is 1.71 bits per heavy atom. The van der Waals surface area contributed by atoms with E-state index in [0.29, 0.717) is 13.1 Å². The summed E-state index contributed by atoms with van der Waals surface area (Å²) in [5.74, 6) is -0.626. The molecule has 1 aliphatic heterocycles. The van der Waals surface area contributed by atoms with E-state index in [4.69, 9.17) is 23.2 Å². The first kappa shape index (κ1) is 17.2. The zero-order chi connectivity index (χ0) is 17.6. The minimum atomic E-state index is -3.97. The third kappa shape index (κ3) is 2.59. The molecule has 0 saturated carbocycles. The predicted molar refractivity (Wildman–Crippen MR) is 90.8 cm³/mol. The molecule has 0 bridgehead atoms. The molecule has 0 spiro atoms. The monoisotopic (exact) mass is 390 g/mol. The third-order valence-electron chi connectivity index (χ3n) is 3.86. The summed E-state index contributed by atoms with van der Waals surface area (Å²) in [6, 6.07) is 2.58. The number of sulfonamides is 1. The Morgan fingerprint density at radius 1 is 1.08 bits per heavy atom. The van der Waals surface area contributed by atoms with Crippen LogP contribution in [0.1, 0.15) is 12.8 Å². The Labute approximate surface area is 147 Å². The van der Waals surface area contributed by atoms with Gasteiger partial charge in [0, 0.05) is 13.1 Å². The fourth-order valence-corrected chi connectivity index (χ4v) is 4.89. The van der Waals surface area contributed by atoms with Crippen LogP contribution in [-0.2, 0) is 10.0 Å². The van der Waals surface area contributed by atoms with Gasteiger partial charge in [-0.25, -0.2) is 8.42 Å². The van der Waals surface area contributed by atoms with Crippen molar-refractivity contribution in [2.24, 2.45) is 0 Å². The second-order valence-electron chi connectivity index (χ2n) is 5.36. The highest BCUT2D eigenvalue weighted by Gasteiger charge is 2.33. The van der Waals surface area contributed by atoms with Crippen LogP contribution in [0.3, 0.4) is 0 Å². The van der Waals surface area contributed by atoms with Gasteiger partial charge in [0.15, 0.2) is 5.75 Å². The second kappa shape index (κ2) is 6.03. The topological polar surface area (TPSA) is 104 Å². The summed E-state index contributed by atoms with van der Waals surface area (Å²) >= 11 is 11.6. The summed E-state index contributed by atoms with van der Waals surface area (Å²) in [7, 11) is -3.97. The zero-order valence-electron chi connectivity index (χ0n) is 12.2. The van der Waals surface area contributed by atoms with Gasteiger partial charge in [-0.15, -0.1) is 0 Å². The average molecular weight is 391 g/mol. The van der Waals surface area contributed by atoms with Crippen molar-refractivity contribution >= 4 is 44.6 Å². The van der Waals surface area contributed by atoms with Gasteiger partial charge in [-0.3, -0.25) is 9.59 Å². The van der Waals surface area contributed by atoms with Crippen molar-refractivity contribution in [2.45, 2.75) is 17.7 Å². The molecule has 1 fully saturated rings. The van der Waals surface area contributed by atoms with Gasteiger partial charge in [0.2, 0.25) is 15.5 Å². The van der Waals surface area contributed by atoms with Crippen LogP contribution < -0.4 is 16.2 Å². The number of halogens is 2. The van der Waals surface area contributed by atoms with E-state index in [1.165, 1.54) is 16.4 Å². The molecular formula is C14H12Cl2N2O5S. The molecule has 128 valence electrons. The van der Waals surface area contributed by atoms with Gasteiger partial charge < -0.3 is 10.4 Å². The van der Waals surface area contributed by atoms with E-state index < -0.39 is 31.5 Å². The second-order valence-corrected chi connectivity index (χ2v) is 8.02. The molecule has 2 aromatic carbocycles. The first-order valence-electron chi connectivity index (χ1n) is 7.02. The Bertz CT molecular complexity index is 990. The van der Waals surface area contributed by atoms with Crippen molar-refractivity contribution in [1.82, 2.24) is 4.31 Å². The molecule has 0 unspecified atom stereocenters. The molecule has 1 aliphatic rings. The molecule has 0 aromatic heterocycles. The number of phenols is 1. The van der Waals surface area contributed by atoms with E-state index in [1.807, 2.05) is 0 Å². The molecule has 10 heteroatoms. The molecule has 24 heavy (non-hydrogen) atoms. The summed E-state index contributed by atoms with van der Waals surface area (Å²) in [4.78, 5) is 22.2. The molecule has 0 atom stereocenters. The lowest BCUT2D eigenvalue weighted by Crippen LogP contribution is -2.33. The number of nitrogens with one attached hydrogen (secondary N) is 1. The minimum Gasteiger partial charge on any atom is -0.504 e. The van der Waals surface area contributed by atoms with Gasteiger partial charge in [0.05, 0.1) is 10.7 Å². The normalized spacial score (nSPS) is 15.9. The quantitative estimate of drug-likeness (QED) is 0.609. The van der Waals surface area contributed by atoms with Gasteiger partial charge in [0.25, 0.3) is 5.43 Å². The minimum absolute atomic E-state index is 0.0776. The lowest BCUT2D eigenvalue weighted by molar-refractivity contribution is 0.445. The molecule has 3 rings (SSSR count). The van der Waals surface area contributed by atoms with Gasteiger partial charge in [-0.05, 0) is 25.0 Å². The van der Waals surface area contributed by atoms with Crippen LogP contribution in [0.2, 0.25) is 10.0 Å². The van der Waals surface area contributed by atoms with Crippen LogP contribution in [0.25, 0.3) is 0 Å². The van der Waals surface area contributed by atoms with E-state index in [0.717, 1.165) is 12.8 Å². The maximum atomic E-state index is 12.7. The molecule has 0 amide bonds. The molecule has 0 aliphatic carbocycles. The highest BCUT2D eigenvalue weighted by atomic mass is 35.5. The number of benzene rings is 1. The lowest BCUT2D eigenvalue weighted by Gasteiger charge is -2.19. The Hall–Kier alpha value is -1.61. The van der Waals surface area contributed by atoms with E-state index in [2.05, 4.69) is 5.32 Å². The largest absolute Gasteiger partial charge is 0.504 e. The summed E-state index contributed by atoms with van der Waals surface area (Å²) in [5.41, 5.74) is -1.94. The molecule has 1 saturated heterocycles. The van der Waals surface area contributed by atoms with Crippen molar-refractivity contribution in [3.8, 4) is 5.75 Å². The summed E-state index contributed by atoms with van der Waals surface area (Å²) in [5, 5.41) is 12.4. The molecule has 1 heterocycles. The summed E-state index contributed by atoms with van der Waals surface area (Å²) < 4.78 is 26.6. The van der Waals surface area contributed by atoms with E-state index in [1.54, 1.807) is 0 Å². The molecule has 0 radical (unpaired) electrons. The first-order chi connectivity index (χ1) is 11.2.